The van der Waals surface area contributed by atoms with E-state index in [9.17, 15) is 9.59 Å². The van der Waals surface area contributed by atoms with Crippen molar-refractivity contribution in [3.8, 4) is 0 Å². The molecule has 0 aromatic rings. The second kappa shape index (κ2) is 5.74. The zero-order valence-electron chi connectivity index (χ0n) is 12.3. The molecule has 2 aliphatic carbocycles. The first-order chi connectivity index (χ1) is 9.70. The molecule has 0 aromatic heterocycles. The highest BCUT2D eigenvalue weighted by molar-refractivity contribution is 5.93. The number of nitrogens with zero attached hydrogens (tertiary/aromatic N) is 1. The molecule has 0 aromatic carbocycles. The molecular weight excluding hydrogens is 254 g/mol. The molecule has 0 bridgehead atoms. The number of hydrogen-bond donors (Lipinski definition) is 0. The van der Waals surface area contributed by atoms with Gasteiger partial charge in [-0.25, -0.2) is 9.69 Å². The first kappa shape index (κ1) is 13.9. The third kappa shape index (κ3) is 2.99. The van der Waals surface area contributed by atoms with Gasteiger partial charge in [-0.05, 0) is 55.8 Å². The molecule has 4 nitrogen and oxygen atoms in total. The number of hydrogen-bond acceptors (Lipinski definition) is 3. The topological polar surface area (TPSA) is 46.6 Å². The van der Waals surface area contributed by atoms with Crippen molar-refractivity contribution < 1.29 is 14.3 Å². The zero-order chi connectivity index (χ0) is 14.1. The number of imide groups is 1. The Morgan fingerprint density at radius 3 is 2.45 bits per heavy atom. The van der Waals surface area contributed by atoms with E-state index in [1.165, 1.54) is 30.6 Å². The molecule has 1 atom stereocenters. The maximum absolute atomic E-state index is 12.1. The van der Waals surface area contributed by atoms with Crippen LogP contribution in [0, 0.1) is 23.7 Å². The maximum atomic E-state index is 12.1. The van der Waals surface area contributed by atoms with Crippen LogP contribution in [-0.2, 0) is 9.53 Å². The molecule has 3 aliphatic rings. The average molecular weight is 279 g/mol. The van der Waals surface area contributed by atoms with Gasteiger partial charge in [-0.3, -0.25) is 4.79 Å². The first-order valence-corrected chi connectivity index (χ1v) is 8.17. The molecule has 0 N–H and O–H groups in total. The van der Waals surface area contributed by atoms with Crippen molar-refractivity contribution in [3.05, 3.63) is 0 Å². The zero-order valence-corrected chi connectivity index (χ0v) is 12.3. The molecule has 1 aliphatic heterocycles. The van der Waals surface area contributed by atoms with Crippen LogP contribution in [0.2, 0.25) is 0 Å². The van der Waals surface area contributed by atoms with Crippen molar-refractivity contribution in [2.75, 3.05) is 13.2 Å². The number of unbranched alkanes of at least 4 members (excludes halogenated alkanes) is 1. The summed E-state index contributed by atoms with van der Waals surface area (Å²) in [6, 6.07) is 0. The number of carbonyl (C=O) groups excluding carboxylic acids is 2. The van der Waals surface area contributed by atoms with E-state index in [0.29, 0.717) is 31.4 Å². The number of amides is 2. The molecule has 2 saturated carbocycles. The van der Waals surface area contributed by atoms with Gasteiger partial charge in [-0.1, -0.05) is 13.3 Å². The summed E-state index contributed by atoms with van der Waals surface area (Å²) >= 11 is 0. The van der Waals surface area contributed by atoms with E-state index in [4.69, 9.17) is 4.74 Å². The Labute approximate surface area is 120 Å². The van der Waals surface area contributed by atoms with Gasteiger partial charge in [0.15, 0.2) is 0 Å². The maximum Gasteiger partial charge on any atom is 0.416 e. The van der Waals surface area contributed by atoms with Crippen LogP contribution in [0.5, 0.6) is 0 Å². The van der Waals surface area contributed by atoms with Crippen LogP contribution in [0.4, 0.5) is 4.79 Å². The Hall–Kier alpha value is -1.06. The van der Waals surface area contributed by atoms with Crippen LogP contribution in [0.25, 0.3) is 0 Å². The summed E-state index contributed by atoms with van der Waals surface area (Å²) in [7, 11) is 0. The molecule has 112 valence electrons. The molecule has 1 unspecified atom stereocenters. The number of rotatable bonds is 6. The lowest BCUT2D eigenvalue weighted by atomic mass is 9.83. The van der Waals surface area contributed by atoms with Crippen LogP contribution < -0.4 is 0 Å². The fourth-order valence-corrected chi connectivity index (χ4v) is 3.67. The Balaban J connectivity index is 1.55. The smallest absolute Gasteiger partial charge is 0.416 e. The lowest BCUT2D eigenvalue weighted by molar-refractivity contribution is -0.126. The van der Waals surface area contributed by atoms with Gasteiger partial charge in [-0.2, -0.15) is 0 Å². The normalized spacial score (nSPS) is 26.4. The third-order valence-electron chi connectivity index (χ3n) is 4.98. The van der Waals surface area contributed by atoms with E-state index in [1.807, 2.05) is 0 Å². The summed E-state index contributed by atoms with van der Waals surface area (Å²) in [6.45, 7) is 3.08. The van der Waals surface area contributed by atoms with Gasteiger partial charge in [-0.15, -0.1) is 0 Å². The van der Waals surface area contributed by atoms with Crippen molar-refractivity contribution in [1.82, 2.24) is 4.90 Å². The summed E-state index contributed by atoms with van der Waals surface area (Å²) in [5.41, 5.74) is 0. The van der Waals surface area contributed by atoms with Crippen molar-refractivity contribution in [3.63, 3.8) is 0 Å². The average Bonchev–Trinajstić information content (AvgIpc) is 3.31. The van der Waals surface area contributed by atoms with Crippen LogP contribution in [0.1, 0.15) is 51.9 Å². The Bertz CT molecular complexity index is 375. The quantitative estimate of drug-likeness (QED) is 0.701. The number of ether oxygens (including phenoxy) is 1. The summed E-state index contributed by atoms with van der Waals surface area (Å²) < 4.78 is 5.18. The number of carbonyl (C=O) groups is 2. The van der Waals surface area contributed by atoms with Crippen LogP contribution in [0.3, 0.4) is 0 Å². The molecule has 0 spiro atoms. The van der Waals surface area contributed by atoms with Gasteiger partial charge in [0.25, 0.3) is 0 Å². The SMILES string of the molecule is CCCCOC(=O)N1CC(C(C2CC2)C2CC2)CC1=O. The number of likely N-dealkylation sites (tertiary alicyclic amines) is 1. The Morgan fingerprint density at radius 1 is 1.25 bits per heavy atom. The Morgan fingerprint density at radius 2 is 1.90 bits per heavy atom. The molecule has 4 heteroatoms. The summed E-state index contributed by atoms with van der Waals surface area (Å²) in [5, 5.41) is 0. The van der Waals surface area contributed by atoms with Crippen LogP contribution in [0.15, 0.2) is 0 Å². The minimum atomic E-state index is -0.420. The molecule has 2 amide bonds. The lowest BCUT2D eigenvalue weighted by Crippen LogP contribution is -2.34. The molecule has 1 heterocycles. The van der Waals surface area contributed by atoms with E-state index in [-0.39, 0.29) is 5.91 Å². The van der Waals surface area contributed by atoms with Gasteiger partial charge in [0.1, 0.15) is 0 Å². The third-order valence-corrected chi connectivity index (χ3v) is 4.98. The molecule has 0 radical (unpaired) electrons. The lowest BCUT2D eigenvalue weighted by Gasteiger charge is -2.22. The largest absolute Gasteiger partial charge is 0.449 e. The highest BCUT2D eigenvalue weighted by atomic mass is 16.6. The van der Waals surface area contributed by atoms with Crippen LogP contribution >= 0.6 is 0 Å². The van der Waals surface area contributed by atoms with Crippen molar-refractivity contribution in [2.45, 2.75) is 51.9 Å². The summed E-state index contributed by atoms with van der Waals surface area (Å²) in [5.74, 6) is 2.71. The second-order valence-electron chi connectivity index (χ2n) is 6.69. The van der Waals surface area contributed by atoms with E-state index in [1.54, 1.807) is 0 Å². The van der Waals surface area contributed by atoms with Gasteiger partial charge in [0.05, 0.1) is 6.61 Å². The van der Waals surface area contributed by atoms with Crippen molar-refractivity contribution in [1.29, 1.82) is 0 Å². The highest BCUT2D eigenvalue weighted by Gasteiger charge is 2.49. The fourth-order valence-electron chi connectivity index (χ4n) is 3.67. The molecule has 1 saturated heterocycles. The van der Waals surface area contributed by atoms with Gasteiger partial charge < -0.3 is 4.74 Å². The summed E-state index contributed by atoms with van der Waals surface area (Å²) in [4.78, 5) is 25.4. The van der Waals surface area contributed by atoms with E-state index < -0.39 is 6.09 Å². The summed E-state index contributed by atoms with van der Waals surface area (Å²) in [6.07, 6.45) is 7.30. The van der Waals surface area contributed by atoms with Gasteiger partial charge in [0, 0.05) is 13.0 Å². The predicted molar refractivity (Wildman–Crippen MR) is 75.0 cm³/mol. The molecule has 3 fully saturated rings. The minimum Gasteiger partial charge on any atom is -0.449 e. The van der Waals surface area contributed by atoms with Gasteiger partial charge in [0.2, 0.25) is 5.91 Å². The monoisotopic (exact) mass is 279 g/mol. The van der Waals surface area contributed by atoms with E-state index >= 15 is 0 Å². The first-order valence-electron chi connectivity index (χ1n) is 8.17. The van der Waals surface area contributed by atoms with E-state index in [2.05, 4.69) is 6.92 Å². The minimum absolute atomic E-state index is 0.0252. The standard InChI is InChI=1S/C16H25NO3/c1-2-3-8-20-16(19)17-10-13(9-14(17)18)15(11-4-5-11)12-6-7-12/h11-13,15H,2-10H2,1H3. The van der Waals surface area contributed by atoms with Gasteiger partial charge >= 0.3 is 6.09 Å². The fraction of sp³-hybridized carbons (Fsp3) is 0.875. The molecular formula is C16H25NO3. The Kier molecular flexibility index (Phi) is 3.99. The van der Waals surface area contributed by atoms with Crippen molar-refractivity contribution in [2.24, 2.45) is 23.7 Å². The second-order valence-corrected chi connectivity index (χ2v) is 6.69. The van der Waals surface area contributed by atoms with E-state index in [0.717, 1.165) is 24.7 Å². The van der Waals surface area contributed by atoms with Crippen molar-refractivity contribution >= 4 is 12.0 Å². The highest BCUT2D eigenvalue weighted by Crippen LogP contribution is 2.54. The molecule has 3 rings (SSSR count). The molecule has 20 heavy (non-hydrogen) atoms. The van der Waals surface area contributed by atoms with Crippen LogP contribution in [-0.4, -0.2) is 30.1 Å². The predicted octanol–water partition coefficient (Wildman–Crippen LogP) is 3.21.